The number of benzene rings is 2. The fourth-order valence-corrected chi connectivity index (χ4v) is 2.72. The Bertz CT molecular complexity index is 1060. The molecule has 142 valence electrons. The number of nitrogens with one attached hydrogen (secondary N) is 1. The number of rotatable bonds is 6. The largest absolute Gasteiger partial charge is 0.504 e. The van der Waals surface area contributed by atoms with Crippen molar-refractivity contribution in [1.82, 2.24) is 9.97 Å². The molecular formula is C20H18N4O4. The number of anilines is 1. The number of carbonyl (C=O) groups is 1. The van der Waals surface area contributed by atoms with Crippen LogP contribution in [-0.4, -0.2) is 35.3 Å². The second kappa shape index (κ2) is 8.22. The molecule has 8 nitrogen and oxygen atoms in total. The van der Waals surface area contributed by atoms with E-state index < -0.39 is 11.9 Å². The van der Waals surface area contributed by atoms with Crippen LogP contribution < -0.4 is 10.1 Å². The summed E-state index contributed by atoms with van der Waals surface area (Å²) in [5.74, 6) is -1.25. The number of aromatic hydroxyl groups is 1. The molecule has 0 saturated heterocycles. The lowest BCUT2D eigenvalue weighted by Gasteiger charge is -2.14. The maximum absolute atomic E-state index is 12.0. The van der Waals surface area contributed by atoms with E-state index in [0.717, 1.165) is 5.56 Å². The summed E-state index contributed by atoms with van der Waals surface area (Å²) in [7, 11) is 2.69. The van der Waals surface area contributed by atoms with Crippen LogP contribution in [0.4, 0.5) is 5.82 Å². The highest BCUT2D eigenvalue weighted by Gasteiger charge is 2.27. The number of fused-ring (bicyclic) bond motifs is 1. The third kappa shape index (κ3) is 3.78. The van der Waals surface area contributed by atoms with E-state index in [1.807, 2.05) is 12.1 Å². The van der Waals surface area contributed by atoms with E-state index in [9.17, 15) is 15.2 Å². The summed E-state index contributed by atoms with van der Waals surface area (Å²) < 4.78 is 9.76. The first-order valence-corrected chi connectivity index (χ1v) is 8.41. The summed E-state index contributed by atoms with van der Waals surface area (Å²) in [6, 6.07) is 14.1. The maximum atomic E-state index is 12.0. The number of hydrogen-bond donors (Lipinski definition) is 2. The van der Waals surface area contributed by atoms with Gasteiger partial charge in [-0.25, -0.2) is 9.97 Å². The smallest absolute Gasteiger partial charge is 0.329 e. The SMILES string of the molecule is COC(=O)[C@@H](C#N)c1nc2ccccc2nc1NCc1ccc(OC)c(O)c1. The summed E-state index contributed by atoms with van der Waals surface area (Å²) in [6.45, 7) is 0.289. The molecule has 0 radical (unpaired) electrons. The van der Waals surface area contributed by atoms with Gasteiger partial charge < -0.3 is 19.9 Å². The summed E-state index contributed by atoms with van der Waals surface area (Å²) in [6.07, 6.45) is 0. The summed E-state index contributed by atoms with van der Waals surface area (Å²) in [5, 5.41) is 22.5. The number of nitriles is 1. The highest BCUT2D eigenvalue weighted by Crippen LogP contribution is 2.28. The number of carbonyl (C=O) groups excluding carboxylic acids is 1. The van der Waals surface area contributed by atoms with Crippen LogP contribution >= 0.6 is 0 Å². The number of methoxy groups -OCH3 is 2. The Morgan fingerprint density at radius 2 is 1.93 bits per heavy atom. The lowest BCUT2D eigenvalue weighted by atomic mass is 10.1. The van der Waals surface area contributed by atoms with Crippen LogP contribution in [0.15, 0.2) is 42.5 Å². The topological polar surface area (TPSA) is 117 Å². The van der Waals surface area contributed by atoms with Gasteiger partial charge in [0.1, 0.15) is 5.69 Å². The number of phenolic OH excluding ortho intramolecular Hbond substituents is 1. The van der Waals surface area contributed by atoms with E-state index in [1.165, 1.54) is 14.2 Å². The van der Waals surface area contributed by atoms with Crippen molar-refractivity contribution in [3.05, 3.63) is 53.7 Å². The summed E-state index contributed by atoms with van der Waals surface area (Å²) in [4.78, 5) is 21.0. The number of para-hydroxylation sites is 2. The molecule has 28 heavy (non-hydrogen) atoms. The molecule has 1 atom stereocenters. The molecule has 3 rings (SSSR count). The Kier molecular flexibility index (Phi) is 5.56. The van der Waals surface area contributed by atoms with Crippen LogP contribution in [0.5, 0.6) is 11.5 Å². The van der Waals surface area contributed by atoms with E-state index in [-0.39, 0.29) is 18.0 Å². The molecule has 0 saturated carbocycles. The molecule has 0 aliphatic rings. The Morgan fingerprint density at radius 3 is 2.54 bits per heavy atom. The molecule has 0 spiro atoms. The van der Waals surface area contributed by atoms with Gasteiger partial charge in [-0.1, -0.05) is 18.2 Å². The van der Waals surface area contributed by atoms with Gasteiger partial charge in [0.15, 0.2) is 23.2 Å². The van der Waals surface area contributed by atoms with Crippen LogP contribution in [-0.2, 0) is 16.1 Å². The molecule has 0 aliphatic heterocycles. The van der Waals surface area contributed by atoms with Gasteiger partial charge in [0.2, 0.25) is 0 Å². The van der Waals surface area contributed by atoms with Crippen molar-refractivity contribution in [2.75, 3.05) is 19.5 Å². The van der Waals surface area contributed by atoms with Crippen molar-refractivity contribution in [3.63, 3.8) is 0 Å². The van der Waals surface area contributed by atoms with E-state index >= 15 is 0 Å². The van der Waals surface area contributed by atoms with E-state index in [1.54, 1.807) is 36.4 Å². The van der Waals surface area contributed by atoms with Gasteiger partial charge in [0.25, 0.3) is 0 Å². The lowest BCUT2D eigenvalue weighted by molar-refractivity contribution is -0.141. The summed E-state index contributed by atoms with van der Waals surface area (Å²) >= 11 is 0. The van der Waals surface area contributed by atoms with Gasteiger partial charge in [0, 0.05) is 6.54 Å². The number of hydrogen-bond acceptors (Lipinski definition) is 8. The van der Waals surface area contributed by atoms with Crippen molar-refractivity contribution in [2.45, 2.75) is 12.5 Å². The zero-order valence-corrected chi connectivity index (χ0v) is 15.3. The first-order valence-electron chi connectivity index (χ1n) is 8.41. The molecule has 2 aromatic carbocycles. The summed E-state index contributed by atoms with van der Waals surface area (Å²) in [5.41, 5.74) is 2.12. The number of aromatic nitrogens is 2. The quantitative estimate of drug-likeness (QED) is 0.629. The normalized spacial score (nSPS) is 11.5. The highest BCUT2D eigenvalue weighted by atomic mass is 16.5. The van der Waals surface area contributed by atoms with Crippen molar-refractivity contribution in [3.8, 4) is 17.6 Å². The average molecular weight is 378 g/mol. The number of nitrogens with zero attached hydrogens (tertiary/aromatic N) is 3. The molecule has 0 unspecified atom stereocenters. The monoisotopic (exact) mass is 378 g/mol. The predicted molar refractivity (Wildman–Crippen MR) is 102 cm³/mol. The Labute approximate surface area is 161 Å². The molecule has 3 aromatic rings. The minimum atomic E-state index is -1.21. The van der Waals surface area contributed by atoms with Crippen LogP contribution in [0.2, 0.25) is 0 Å². The Balaban J connectivity index is 1.98. The minimum Gasteiger partial charge on any atom is -0.504 e. The molecule has 1 heterocycles. The first kappa shape index (κ1) is 18.9. The molecule has 2 N–H and O–H groups in total. The Hall–Kier alpha value is -3.86. The van der Waals surface area contributed by atoms with E-state index in [2.05, 4.69) is 15.3 Å². The van der Waals surface area contributed by atoms with Crippen molar-refractivity contribution in [1.29, 1.82) is 5.26 Å². The van der Waals surface area contributed by atoms with Crippen LogP contribution in [0.25, 0.3) is 11.0 Å². The number of ether oxygens (including phenoxy) is 2. The Morgan fingerprint density at radius 1 is 1.21 bits per heavy atom. The molecule has 1 aromatic heterocycles. The zero-order valence-electron chi connectivity index (χ0n) is 15.3. The van der Waals surface area contributed by atoms with Gasteiger partial charge in [0.05, 0.1) is 31.3 Å². The van der Waals surface area contributed by atoms with Gasteiger partial charge in [-0.15, -0.1) is 0 Å². The number of esters is 1. The average Bonchev–Trinajstić information content (AvgIpc) is 2.72. The number of phenols is 1. The molecule has 0 fully saturated rings. The van der Waals surface area contributed by atoms with Gasteiger partial charge >= 0.3 is 5.97 Å². The van der Waals surface area contributed by atoms with E-state index in [4.69, 9.17) is 9.47 Å². The molecule has 0 amide bonds. The second-order valence-electron chi connectivity index (χ2n) is 5.89. The zero-order chi connectivity index (χ0) is 20.1. The maximum Gasteiger partial charge on any atom is 0.329 e. The predicted octanol–water partition coefficient (Wildman–Crippen LogP) is 2.74. The van der Waals surface area contributed by atoms with Crippen molar-refractivity contribution in [2.24, 2.45) is 0 Å². The fraction of sp³-hybridized carbons (Fsp3) is 0.200. The van der Waals surface area contributed by atoms with Gasteiger partial charge in [-0.3, -0.25) is 4.79 Å². The molecule has 8 heteroatoms. The van der Waals surface area contributed by atoms with Crippen molar-refractivity contribution >= 4 is 22.8 Å². The minimum absolute atomic E-state index is 0.0103. The van der Waals surface area contributed by atoms with Crippen molar-refractivity contribution < 1.29 is 19.4 Å². The highest BCUT2D eigenvalue weighted by molar-refractivity contribution is 5.84. The van der Waals surface area contributed by atoms with Crippen LogP contribution in [0.1, 0.15) is 17.2 Å². The third-order valence-electron chi connectivity index (χ3n) is 4.14. The van der Waals surface area contributed by atoms with Crippen LogP contribution in [0, 0.1) is 11.3 Å². The van der Waals surface area contributed by atoms with E-state index in [0.29, 0.717) is 22.6 Å². The van der Waals surface area contributed by atoms with Crippen LogP contribution in [0.3, 0.4) is 0 Å². The second-order valence-corrected chi connectivity index (χ2v) is 5.89. The first-order chi connectivity index (χ1) is 13.6. The third-order valence-corrected chi connectivity index (χ3v) is 4.14. The van der Waals surface area contributed by atoms with Gasteiger partial charge in [-0.05, 0) is 29.8 Å². The lowest BCUT2D eigenvalue weighted by Crippen LogP contribution is -2.17. The standard InChI is InChI=1S/C20H18N4O4/c1-27-17-8-7-12(9-16(17)25)11-22-19-18(13(10-21)20(26)28-2)23-14-5-3-4-6-15(14)24-19/h3-9,13,25H,11H2,1-2H3,(H,22,24)/t13-/m0/s1. The molecule has 0 aliphatic carbocycles. The van der Waals surface area contributed by atoms with Gasteiger partial charge in [-0.2, -0.15) is 5.26 Å². The molecular weight excluding hydrogens is 360 g/mol. The fourth-order valence-electron chi connectivity index (χ4n) is 2.72. The molecule has 0 bridgehead atoms.